The summed E-state index contributed by atoms with van der Waals surface area (Å²) in [6, 6.07) is 10.6. The molecule has 0 spiro atoms. The summed E-state index contributed by atoms with van der Waals surface area (Å²) in [4.78, 5) is 12.9. The number of nitrogens with zero attached hydrogens (tertiary/aromatic N) is 1. The summed E-state index contributed by atoms with van der Waals surface area (Å²) in [5.74, 6) is -0.722. The van der Waals surface area contributed by atoms with Gasteiger partial charge in [0.25, 0.3) is 0 Å². The predicted octanol–water partition coefficient (Wildman–Crippen LogP) is 2.31. The van der Waals surface area contributed by atoms with E-state index in [1.807, 2.05) is 18.2 Å². The number of ether oxygens (including phenoxy) is 1. The second-order valence-electron chi connectivity index (χ2n) is 5.07. The highest BCUT2D eigenvalue weighted by molar-refractivity contribution is 5.66. The number of carbonyl (C=O) groups is 1. The Morgan fingerprint density at radius 3 is 2.84 bits per heavy atom. The van der Waals surface area contributed by atoms with Crippen molar-refractivity contribution in [3.05, 3.63) is 35.9 Å². The number of aliphatic carboxylic acids is 1. The Morgan fingerprint density at radius 2 is 2.16 bits per heavy atom. The molecule has 19 heavy (non-hydrogen) atoms. The molecule has 1 aliphatic rings. The van der Waals surface area contributed by atoms with Gasteiger partial charge in [0.2, 0.25) is 0 Å². The van der Waals surface area contributed by atoms with Crippen molar-refractivity contribution >= 4 is 5.97 Å². The molecule has 0 aromatic heterocycles. The van der Waals surface area contributed by atoms with E-state index in [2.05, 4.69) is 24.0 Å². The number of carboxylic acid groups (broad SMARTS) is 1. The number of rotatable bonds is 5. The normalized spacial score (nSPS) is 24.3. The first-order valence-corrected chi connectivity index (χ1v) is 6.79. The largest absolute Gasteiger partial charge is 0.481 e. The van der Waals surface area contributed by atoms with Crippen LogP contribution in [-0.4, -0.2) is 41.7 Å². The molecule has 0 saturated carbocycles. The van der Waals surface area contributed by atoms with Gasteiger partial charge in [-0.3, -0.25) is 9.69 Å². The third-order valence-corrected chi connectivity index (χ3v) is 3.57. The molecular formula is C15H21NO3. The van der Waals surface area contributed by atoms with Crippen LogP contribution in [0.15, 0.2) is 30.3 Å². The van der Waals surface area contributed by atoms with E-state index in [9.17, 15) is 4.79 Å². The highest BCUT2D eigenvalue weighted by atomic mass is 16.5. The molecule has 0 aliphatic carbocycles. The lowest BCUT2D eigenvalue weighted by Crippen LogP contribution is -2.45. The van der Waals surface area contributed by atoms with Gasteiger partial charge in [0.05, 0.1) is 12.7 Å². The fraction of sp³-hybridized carbons (Fsp3) is 0.533. The van der Waals surface area contributed by atoms with Crippen molar-refractivity contribution in [2.45, 2.75) is 31.9 Å². The highest BCUT2D eigenvalue weighted by Crippen LogP contribution is 2.24. The zero-order valence-corrected chi connectivity index (χ0v) is 11.3. The summed E-state index contributed by atoms with van der Waals surface area (Å²) in [7, 11) is 0. The van der Waals surface area contributed by atoms with Crippen molar-refractivity contribution in [1.82, 2.24) is 4.90 Å². The molecule has 1 N–H and O–H groups in total. The van der Waals surface area contributed by atoms with Crippen molar-refractivity contribution < 1.29 is 14.6 Å². The van der Waals surface area contributed by atoms with E-state index >= 15 is 0 Å². The van der Waals surface area contributed by atoms with Crippen molar-refractivity contribution in [1.29, 1.82) is 0 Å². The molecule has 1 aliphatic heterocycles. The summed E-state index contributed by atoms with van der Waals surface area (Å²) in [5.41, 5.74) is 1.19. The first kappa shape index (κ1) is 14.0. The minimum Gasteiger partial charge on any atom is -0.481 e. The molecule has 1 saturated heterocycles. The van der Waals surface area contributed by atoms with Crippen LogP contribution in [0, 0.1) is 0 Å². The smallest absolute Gasteiger partial charge is 0.303 e. The maximum absolute atomic E-state index is 10.6. The third kappa shape index (κ3) is 4.04. The summed E-state index contributed by atoms with van der Waals surface area (Å²) in [6.07, 6.45) is 1.03. The Bertz CT molecular complexity index is 407. The monoisotopic (exact) mass is 263 g/mol. The zero-order chi connectivity index (χ0) is 13.7. The number of benzene rings is 1. The summed E-state index contributed by atoms with van der Waals surface area (Å²) in [5, 5.41) is 8.70. The standard InChI is InChI=1S/C15H21NO3/c1-12-11-19-14(13-6-3-2-4-7-13)10-16(12)9-5-8-15(17)18/h2-4,6-7,12,14H,5,8-11H2,1H3,(H,17,18)/t12-,14-/m1/s1. The molecule has 104 valence electrons. The van der Waals surface area contributed by atoms with Crippen LogP contribution in [0.2, 0.25) is 0 Å². The molecule has 1 aromatic rings. The van der Waals surface area contributed by atoms with Gasteiger partial charge >= 0.3 is 5.97 Å². The van der Waals surface area contributed by atoms with E-state index in [0.717, 1.165) is 13.1 Å². The molecule has 1 aromatic carbocycles. The number of hydrogen-bond acceptors (Lipinski definition) is 3. The Morgan fingerprint density at radius 1 is 1.42 bits per heavy atom. The number of carboxylic acids is 1. The van der Waals surface area contributed by atoms with Gasteiger partial charge < -0.3 is 9.84 Å². The van der Waals surface area contributed by atoms with Crippen LogP contribution in [0.5, 0.6) is 0 Å². The van der Waals surface area contributed by atoms with Crippen molar-refractivity contribution in [3.8, 4) is 0 Å². The molecule has 0 unspecified atom stereocenters. The Kier molecular flexibility index (Phi) is 4.93. The van der Waals surface area contributed by atoms with E-state index < -0.39 is 5.97 Å². The minimum atomic E-state index is -0.722. The average Bonchev–Trinajstić information content (AvgIpc) is 2.41. The first-order valence-electron chi connectivity index (χ1n) is 6.79. The van der Waals surface area contributed by atoms with Gasteiger partial charge in [-0.25, -0.2) is 0 Å². The predicted molar refractivity (Wildman–Crippen MR) is 73.0 cm³/mol. The van der Waals surface area contributed by atoms with Crippen LogP contribution >= 0.6 is 0 Å². The van der Waals surface area contributed by atoms with Crippen LogP contribution in [0.4, 0.5) is 0 Å². The summed E-state index contributed by atoms with van der Waals surface area (Å²) in [6.45, 7) is 4.49. The Balaban J connectivity index is 1.90. The maximum atomic E-state index is 10.6. The zero-order valence-electron chi connectivity index (χ0n) is 11.3. The van der Waals surface area contributed by atoms with E-state index in [-0.39, 0.29) is 12.5 Å². The van der Waals surface area contributed by atoms with Gasteiger partial charge in [-0.2, -0.15) is 0 Å². The number of morpholine rings is 1. The van der Waals surface area contributed by atoms with Gasteiger partial charge in [-0.15, -0.1) is 0 Å². The lowest BCUT2D eigenvalue weighted by molar-refractivity contribution is -0.137. The van der Waals surface area contributed by atoms with Crippen LogP contribution in [0.3, 0.4) is 0 Å². The van der Waals surface area contributed by atoms with Crippen molar-refractivity contribution in [2.75, 3.05) is 19.7 Å². The van der Waals surface area contributed by atoms with E-state index in [0.29, 0.717) is 19.1 Å². The quantitative estimate of drug-likeness (QED) is 0.885. The molecule has 2 atom stereocenters. The van der Waals surface area contributed by atoms with E-state index in [1.54, 1.807) is 0 Å². The van der Waals surface area contributed by atoms with Crippen LogP contribution < -0.4 is 0 Å². The summed E-state index contributed by atoms with van der Waals surface area (Å²) < 4.78 is 5.88. The molecule has 2 rings (SSSR count). The summed E-state index contributed by atoms with van der Waals surface area (Å²) >= 11 is 0. The number of hydrogen-bond donors (Lipinski definition) is 1. The first-order chi connectivity index (χ1) is 9.16. The van der Waals surface area contributed by atoms with Crippen LogP contribution in [0.25, 0.3) is 0 Å². The Hall–Kier alpha value is -1.39. The van der Waals surface area contributed by atoms with Crippen LogP contribution in [-0.2, 0) is 9.53 Å². The van der Waals surface area contributed by atoms with Crippen molar-refractivity contribution in [2.24, 2.45) is 0 Å². The minimum absolute atomic E-state index is 0.0993. The lowest BCUT2D eigenvalue weighted by atomic mass is 10.1. The van der Waals surface area contributed by atoms with E-state index in [4.69, 9.17) is 9.84 Å². The molecule has 1 fully saturated rings. The van der Waals surface area contributed by atoms with Crippen molar-refractivity contribution in [3.63, 3.8) is 0 Å². The van der Waals surface area contributed by atoms with Crippen LogP contribution in [0.1, 0.15) is 31.4 Å². The second kappa shape index (κ2) is 6.68. The lowest BCUT2D eigenvalue weighted by Gasteiger charge is -2.38. The molecular weight excluding hydrogens is 242 g/mol. The van der Waals surface area contributed by atoms with Gasteiger partial charge in [0, 0.05) is 19.0 Å². The molecule has 0 amide bonds. The molecule has 4 heteroatoms. The average molecular weight is 263 g/mol. The molecule has 0 radical (unpaired) electrons. The highest BCUT2D eigenvalue weighted by Gasteiger charge is 2.26. The third-order valence-electron chi connectivity index (χ3n) is 3.57. The van der Waals surface area contributed by atoms with Gasteiger partial charge in [0.1, 0.15) is 0 Å². The maximum Gasteiger partial charge on any atom is 0.303 e. The fourth-order valence-electron chi connectivity index (χ4n) is 2.42. The second-order valence-corrected chi connectivity index (χ2v) is 5.07. The van der Waals surface area contributed by atoms with Gasteiger partial charge in [-0.05, 0) is 25.5 Å². The molecule has 4 nitrogen and oxygen atoms in total. The topological polar surface area (TPSA) is 49.8 Å². The Labute approximate surface area is 114 Å². The molecule has 1 heterocycles. The molecule has 0 bridgehead atoms. The van der Waals surface area contributed by atoms with E-state index in [1.165, 1.54) is 5.56 Å². The van der Waals surface area contributed by atoms with Gasteiger partial charge in [-0.1, -0.05) is 30.3 Å². The SMILES string of the molecule is C[C@@H]1CO[C@@H](c2ccccc2)CN1CCCC(=O)O. The van der Waals surface area contributed by atoms with Gasteiger partial charge in [0.15, 0.2) is 0 Å². The fourth-order valence-corrected chi connectivity index (χ4v) is 2.42.